The summed E-state index contributed by atoms with van der Waals surface area (Å²) in [7, 11) is -1.65. The average Bonchev–Trinajstić information content (AvgIpc) is 2.25. The normalized spacial score (nSPS) is 13.3. The van der Waals surface area contributed by atoms with Gasteiger partial charge in [-0.05, 0) is 6.07 Å². The summed E-state index contributed by atoms with van der Waals surface area (Å²) in [5.41, 5.74) is -0.857. The number of nitro benzene ring substituents is 1. The van der Waals surface area contributed by atoms with E-state index >= 15 is 0 Å². The second-order valence-corrected chi connectivity index (χ2v) is 2.53. The van der Waals surface area contributed by atoms with E-state index in [9.17, 15) is 14.9 Å². The fourth-order valence-corrected chi connectivity index (χ4v) is 1.01. The molecule has 0 aliphatic carbocycles. The van der Waals surface area contributed by atoms with E-state index in [0.717, 1.165) is 25.3 Å². The number of esters is 1. The summed E-state index contributed by atoms with van der Waals surface area (Å²) in [5, 5.41) is 10.7. The molecule has 0 aliphatic heterocycles. The van der Waals surface area contributed by atoms with Crippen molar-refractivity contribution < 1.29 is 23.3 Å². The van der Waals surface area contributed by atoms with Crippen LogP contribution in [-0.4, -0.2) is 25.0 Å². The van der Waals surface area contributed by atoms with Crippen LogP contribution in [0.2, 0.25) is 0 Å². The largest absolute Gasteiger partial charge is 0.497 e. The van der Waals surface area contributed by atoms with E-state index in [-0.39, 0.29) is 11.3 Å². The molecule has 0 saturated heterocycles. The fraction of sp³-hybridized carbons (Fsp3) is 0.222. The van der Waals surface area contributed by atoms with Crippen LogP contribution in [0.5, 0.6) is 5.75 Å². The molecule has 0 bridgehead atoms. The Morgan fingerprint density at radius 1 is 1.60 bits per heavy atom. The molecular weight excluding hydrogens is 202 g/mol. The van der Waals surface area contributed by atoms with Gasteiger partial charge in [-0.2, -0.15) is 0 Å². The number of nitro groups is 1. The zero-order valence-electron chi connectivity index (χ0n) is 10.7. The van der Waals surface area contributed by atoms with Crippen molar-refractivity contribution in [3.63, 3.8) is 0 Å². The highest BCUT2D eigenvalue weighted by molar-refractivity contribution is 5.94. The van der Waals surface area contributed by atoms with Crippen molar-refractivity contribution in [3.8, 4) is 5.75 Å². The molecule has 0 aromatic heterocycles. The highest BCUT2D eigenvalue weighted by atomic mass is 16.6. The molecule has 6 nitrogen and oxygen atoms in total. The van der Waals surface area contributed by atoms with Crippen molar-refractivity contribution in [3.05, 3.63) is 33.9 Å². The van der Waals surface area contributed by atoms with Gasteiger partial charge in [0.1, 0.15) is 11.3 Å². The summed E-state index contributed by atoms with van der Waals surface area (Å²) in [6, 6.07) is 3.03. The second kappa shape index (κ2) is 4.41. The molecule has 0 spiro atoms. The highest BCUT2D eigenvalue weighted by Gasteiger charge is 2.21. The number of ether oxygens (including phenoxy) is 2. The summed E-state index contributed by atoms with van der Waals surface area (Å²) in [6.45, 7) is 0. The van der Waals surface area contributed by atoms with E-state index in [1.54, 1.807) is 0 Å². The molecule has 0 saturated carbocycles. The van der Waals surface area contributed by atoms with E-state index < -0.39 is 23.6 Å². The van der Waals surface area contributed by atoms with Gasteiger partial charge in [0.2, 0.25) is 0 Å². The molecule has 0 unspecified atom stereocenters. The number of hydrogen-bond donors (Lipinski definition) is 0. The van der Waals surface area contributed by atoms with Gasteiger partial charge in [0.15, 0.2) is 0 Å². The molecule has 15 heavy (non-hydrogen) atoms. The number of hydrogen-bond acceptors (Lipinski definition) is 5. The van der Waals surface area contributed by atoms with Gasteiger partial charge in [-0.1, -0.05) is 0 Å². The molecule has 6 heteroatoms. The smallest absolute Gasteiger partial charge is 0.345 e. The van der Waals surface area contributed by atoms with Gasteiger partial charge in [-0.3, -0.25) is 10.1 Å². The lowest BCUT2D eigenvalue weighted by Crippen LogP contribution is -2.05. The molecule has 0 aliphatic rings. The summed E-state index contributed by atoms with van der Waals surface area (Å²) >= 11 is 0. The van der Waals surface area contributed by atoms with Crippen LogP contribution in [0.1, 0.15) is 14.5 Å². The van der Waals surface area contributed by atoms with Gasteiger partial charge >= 0.3 is 5.97 Å². The van der Waals surface area contributed by atoms with Gasteiger partial charge in [0, 0.05) is 12.1 Å². The van der Waals surface area contributed by atoms with Crippen LogP contribution in [-0.2, 0) is 4.74 Å². The van der Waals surface area contributed by atoms with Crippen LogP contribution < -0.4 is 4.74 Å². The molecule has 80 valence electrons. The molecule has 1 aromatic carbocycles. The fourth-order valence-electron chi connectivity index (χ4n) is 1.01. The molecule has 0 fully saturated rings. The number of benzene rings is 1. The predicted molar refractivity (Wildman–Crippen MR) is 51.0 cm³/mol. The third kappa shape index (κ3) is 2.22. The molecule has 1 rings (SSSR count). The lowest BCUT2D eigenvalue weighted by atomic mass is 10.1. The topological polar surface area (TPSA) is 78.7 Å². The van der Waals surface area contributed by atoms with Crippen LogP contribution in [0, 0.1) is 10.1 Å². The SMILES string of the molecule is [2H]C([2H])([2H])Oc1ccc([N+](=O)[O-])c(C(=O)OC)c1. The van der Waals surface area contributed by atoms with Crippen LogP contribution in [0.15, 0.2) is 18.2 Å². The number of methoxy groups -OCH3 is 2. The van der Waals surface area contributed by atoms with Crippen molar-refractivity contribution in [2.45, 2.75) is 0 Å². The Morgan fingerprint density at radius 3 is 2.87 bits per heavy atom. The van der Waals surface area contributed by atoms with Crippen LogP contribution >= 0.6 is 0 Å². The van der Waals surface area contributed by atoms with Gasteiger partial charge < -0.3 is 9.47 Å². The Bertz CT molecular complexity index is 486. The van der Waals surface area contributed by atoms with Gasteiger partial charge in [0.25, 0.3) is 5.69 Å². The summed E-state index contributed by atoms with van der Waals surface area (Å²) in [4.78, 5) is 21.2. The first kappa shape index (κ1) is 7.22. The Kier molecular flexibility index (Phi) is 2.12. The first-order valence-electron chi connectivity index (χ1n) is 5.30. The minimum atomic E-state index is -2.70. The van der Waals surface area contributed by atoms with E-state index in [4.69, 9.17) is 4.11 Å². The van der Waals surface area contributed by atoms with Crippen molar-refractivity contribution in [1.82, 2.24) is 0 Å². The van der Waals surface area contributed by atoms with E-state index in [0.29, 0.717) is 0 Å². The first-order valence-corrected chi connectivity index (χ1v) is 3.80. The molecule has 0 N–H and O–H groups in total. The van der Waals surface area contributed by atoms with E-state index in [2.05, 4.69) is 9.47 Å². The summed E-state index contributed by atoms with van der Waals surface area (Å²) < 4.78 is 29.6. The zero-order valence-corrected chi connectivity index (χ0v) is 7.72. The number of rotatable bonds is 3. The van der Waals surface area contributed by atoms with Gasteiger partial charge in [-0.15, -0.1) is 0 Å². The van der Waals surface area contributed by atoms with Crippen LogP contribution in [0.25, 0.3) is 0 Å². The Morgan fingerprint density at radius 2 is 2.33 bits per heavy atom. The number of carbonyl (C=O) groups is 1. The standard InChI is InChI=1S/C9H9NO5/c1-14-6-3-4-8(10(12)13)7(5-6)9(11)15-2/h3-5H,1-2H3/i1D3. The molecule has 0 heterocycles. The first-order chi connectivity index (χ1) is 8.24. The molecule has 1 aromatic rings. The summed E-state index contributed by atoms with van der Waals surface area (Å²) in [5.74, 6) is -1.13. The lowest BCUT2D eigenvalue weighted by Gasteiger charge is -2.03. The molecule has 0 radical (unpaired) electrons. The monoisotopic (exact) mass is 214 g/mol. The van der Waals surface area contributed by atoms with Crippen LogP contribution in [0.4, 0.5) is 5.69 Å². The molecule has 0 amide bonds. The van der Waals surface area contributed by atoms with Crippen molar-refractivity contribution in [1.29, 1.82) is 0 Å². The second-order valence-electron chi connectivity index (χ2n) is 2.53. The van der Waals surface area contributed by atoms with Crippen LogP contribution in [0.3, 0.4) is 0 Å². The van der Waals surface area contributed by atoms with Crippen molar-refractivity contribution in [2.75, 3.05) is 14.1 Å². The number of carbonyl (C=O) groups excluding carboxylic acids is 1. The average molecular weight is 214 g/mol. The quantitative estimate of drug-likeness (QED) is 0.431. The summed E-state index contributed by atoms with van der Waals surface area (Å²) in [6.07, 6.45) is 0. The lowest BCUT2D eigenvalue weighted by molar-refractivity contribution is -0.385. The Hall–Kier alpha value is -2.11. The minimum absolute atomic E-state index is 0.180. The van der Waals surface area contributed by atoms with Crippen molar-refractivity contribution in [2.24, 2.45) is 0 Å². The predicted octanol–water partition coefficient (Wildman–Crippen LogP) is 1.39. The third-order valence-electron chi connectivity index (χ3n) is 1.69. The number of nitrogens with zero attached hydrogens (tertiary/aromatic N) is 1. The Balaban J connectivity index is 3.21. The van der Waals surface area contributed by atoms with E-state index in [1.165, 1.54) is 0 Å². The zero-order chi connectivity index (χ0) is 13.9. The Labute approximate surface area is 89.8 Å². The molecular formula is C9H9NO5. The minimum Gasteiger partial charge on any atom is -0.497 e. The highest BCUT2D eigenvalue weighted by Crippen LogP contribution is 2.24. The maximum absolute atomic E-state index is 11.3. The van der Waals surface area contributed by atoms with Crippen molar-refractivity contribution >= 4 is 11.7 Å². The van der Waals surface area contributed by atoms with E-state index in [1.807, 2.05) is 0 Å². The molecule has 0 atom stereocenters. The third-order valence-corrected chi connectivity index (χ3v) is 1.69. The maximum atomic E-state index is 11.3. The van der Waals surface area contributed by atoms with Gasteiger partial charge in [-0.25, -0.2) is 4.79 Å². The van der Waals surface area contributed by atoms with Gasteiger partial charge in [0.05, 0.1) is 23.2 Å². The maximum Gasteiger partial charge on any atom is 0.345 e.